The summed E-state index contributed by atoms with van der Waals surface area (Å²) in [7, 11) is -3.36. The first-order valence-electron chi connectivity index (χ1n) is 4.47. The quantitative estimate of drug-likeness (QED) is 0.851. The maximum Gasteiger partial charge on any atom is 0.232 e. The maximum absolute atomic E-state index is 11.3. The van der Waals surface area contributed by atoms with Crippen LogP contribution in [0.15, 0.2) is 18.2 Å². The lowest BCUT2D eigenvalue weighted by Gasteiger charge is -2.06. The van der Waals surface area contributed by atoms with E-state index in [2.05, 4.69) is 4.72 Å². The van der Waals surface area contributed by atoms with Gasteiger partial charge in [-0.3, -0.25) is 4.72 Å². The lowest BCUT2D eigenvalue weighted by molar-refractivity contribution is 0.602. The second kappa shape index (κ2) is 4.65. The van der Waals surface area contributed by atoms with Gasteiger partial charge in [-0.2, -0.15) is 10.5 Å². The lowest BCUT2D eigenvalue weighted by atomic mass is 10.1. The predicted molar refractivity (Wildman–Crippen MR) is 59.0 cm³/mol. The van der Waals surface area contributed by atoms with Gasteiger partial charge < -0.3 is 0 Å². The van der Waals surface area contributed by atoms with Crippen LogP contribution in [-0.2, 0) is 10.0 Å². The van der Waals surface area contributed by atoms with Crippen LogP contribution in [0.3, 0.4) is 0 Å². The summed E-state index contributed by atoms with van der Waals surface area (Å²) in [5.41, 5.74) is 0.665. The summed E-state index contributed by atoms with van der Waals surface area (Å²) < 4.78 is 24.8. The molecule has 0 unspecified atom stereocenters. The van der Waals surface area contributed by atoms with Gasteiger partial charge in [0, 0.05) is 5.69 Å². The number of nitriles is 2. The Morgan fingerprint density at radius 2 is 1.88 bits per heavy atom. The highest BCUT2D eigenvalue weighted by Crippen LogP contribution is 2.15. The van der Waals surface area contributed by atoms with Crippen LogP contribution < -0.4 is 4.72 Å². The third-order valence-corrected chi connectivity index (χ3v) is 3.22. The Morgan fingerprint density at radius 1 is 1.25 bits per heavy atom. The Bertz CT molecular complexity index is 579. The van der Waals surface area contributed by atoms with Crippen molar-refractivity contribution >= 4 is 15.7 Å². The molecule has 0 saturated heterocycles. The molecule has 1 aromatic rings. The van der Waals surface area contributed by atoms with Gasteiger partial charge in [-0.1, -0.05) is 0 Å². The Balaban J connectivity index is 3.13. The van der Waals surface area contributed by atoms with E-state index in [1.807, 2.05) is 12.1 Å². The maximum atomic E-state index is 11.3. The molecule has 5 nitrogen and oxygen atoms in total. The molecule has 0 saturated carbocycles. The molecule has 82 valence electrons. The summed E-state index contributed by atoms with van der Waals surface area (Å²) in [4.78, 5) is 0. The zero-order valence-electron chi connectivity index (χ0n) is 8.56. The molecule has 0 aliphatic carbocycles. The van der Waals surface area contributed by atoms with Crippen molar-refractivity contribution in [2.24, 2.45) is 0 Å². The molecular weight excluding hydrogens is 226 g/mol. The molecule has 0 atom stereocenters. The minimum atomic E-state index is -3.36. The standard InChI is InChI=1S/C10H9N3O2S/c1-2-16(14,15)13-10-4-3-8(6-11)9(5-10)7-12/h3-5,13H,2H2,1H3. The molecule has 0 aliphatic heterocycles. The Labute approximate surface area is 94.0 Å². The van der Waals surface area contributed by atoms with Crippen LogP contribution in [-0.4, -0.2) is 14.2 Å². The van der Waals surface area contributed by atoms with E-state index < -0.39 is 10.0 Å². The van der Waals surface area contributed by atoms with E-state index in [9.17, 15) is 8.42 Å². The van der Waals surface area contributed by atoms with Crippen LogP contribution >= 0.6 is 0 Å². The van der Waals surface area contributed by atoms with Gasteiger partial charge in [0.1, 0.15) is 12.1 Å². The lowest BCUT2D eigenvalue weighted by Crippen LogP contribution is -2.14. The van der Waals surface area contributed by atoms with E-state index in [4.69, 9.17) is 10.5 Å². The van der Waals surface area contributed by atoms with Crippen LogP contribution in [0.25, 0.3) is 0 Å². The van der Waals surface area contributed by atoms with Crippen LogP contribution in [0, 0.1) is 22.7 Å². The molecule has 1 aromatic carbocycles. The number of hydrogen-bond donors (Lipinski definition) is 1. The van der Waals surface area contributed by atoms with Gasteiger partial charge in [0.2, 0.25) is 10.0 Å². The molecule has 0 fully saturated rings. The first-order valence-corrected chi connectivity index (χ1v) is 6.12. The third-order valence-electron chi connectivity index (χ3n) is 1.91. The predicted octanol–water partition coefficient (Wildman–Crippen LogP) is 1.19. The van der Waals surface area contributed by atoms with Crippen molar-refractivity contribution in [2.45, 2.75) is 6.92 Å². The number of sulfonamides is 1. The van der Waals surface area contributed by atoms with Crippen molar-refractivity contribution < 1.29 is 8.42 Å². The van der Waals surface area contributed by atoms with E-state index in [1.54, 1.807) is 0 Å². The largest absolute Gasteiger partial charge is 0.284 e. The van der Waals surface area contributed by atoms with E-state index in [0.29, 0.717) is 0 Å². The summed E-state index contributed by atoms with van der Waals surface area (Å²) in [6.45, 7) is 1.51. The summed E-state index contributed by atoms with van der Waals surface area (Å²) in [6, 6.07) is 7.88. The van der Waals surface area contributed by atoms with E-state index >= 15 is 0 Å². The summed E-state index contributed by atoms with van der Waals surface area (Å²) in [6.07, 6.45) is 0. The molecule has 1 N–H and O–H groups in total. The fourth-order valence-electron chi connectivity index (χ4n) is 1.05. The van der Waals surface area contributed by atoms with Crippen molar-refractivity contribution in [3.05, 3.63) is 29.3 Å². The summed E-state index contributed by atoms with van der Waals surface area (Å²) in [5.74, 6) is -0.0467. The van der Waals surface area contributed by atoms with Gasteiger partial charge in [0.15, 0.2) is 0 Å². The zero-order chi connectivity index (χ0) is 12.2. The Hall–Kier alpha value is -2.05. The van der Waals surface area contributed by atoms with Crippen molar-refractivity contribution in [1.82, 2.24) is 0 Å². The molecule has 0 heterocycles. The van der Waals surface area contributed by atoms with Gasteiger partial charge >= 0.3 is 0 Å². The number of benzene rings is 1. The molecule has 16 heavy (non-hydrogen) atoms. The number of rotatable bonds is 3. The molecule has 6 heteroatoms. The topological polar surface area (TPSA) is 93.8 Å². The van der Waals surface area contributed by atoms with Gasteiger partial charge in [-0.15, -0.1) is 0 Å². The van der Waals surface area contributed by atoms with E-state index in [1.165, 1.54) is 25.1 Å². The molecule has 0 spiro atoms. The fraction of sp³-hybridized carbons (Fsp3) is 0.200. The SMILES string of the molecule is CCS(=O)(=O)Nc1ccc(C#N)c(C#N)c1. The van der Waals surface area contributed by atoms with Crippen LogP contribution in [0.4, 0.5) is 5.69 Å². The second-order valence-corrected chi connectivity index (χ2v) is 5.00. The van der Waals surface area contributed by atoms with Crippen molar-refractivity contribution in [2.75, 3.05) is 10.5 Å². The first kappa shape index (κ1) is 12.0. The van der Waals surface area contributed by atoms with Crippen molar-refractivity contribution in [3.8, 4) is 12.1 Å². The highest BCUT2D eigenvalue weighted by atomic mass is 32.2. The van der Waals surface area contributed by atoms with Gasteiger partial charge in [0.25, 0.3) is 0 Å². The van der Waals surface area contributed by atoms with E-state index in [-0.39, 0.29) is 22.6 Å². The number of hydrogen-bond acceptors (Lipinski definition) is 4. The van der Waals surface area contributed by atoms with Crippen LogP contribution in [0.5, 0.6) is 0 Å². The molecule has 0 amide bonds. The summed E-state index contributed by atoms with van der Waals surface area (Å²) >= 11 is 0. The normalized spacial score (nSPS) is 10.2. The van der Waals surface area contributed by atoms with Crippen molar-refractivity contribution in [1.29, 1.82) is 10.5 Å². The zero-order valence-corrected chi connectivity index (χ0v) is 9.37. The molecule has 1 rings (SSSR count). The van der Waals surface area contributed by atoms with Crippen LogP contribution in [0.1, 0.15) is 18.1 Å². The monoisotopic (exact) mass is 235 g/mol. The molecule has 0 radical (unpaired) electrons. The first-order chi connectivity index (χ1) is 7.52. The summed E-state index contributed by atoms with van der Waals surface area (Å²) in [5, 5.41) is 17.4. The molecule has 0 bridgehead atoms. The van der Waals surface area contributed by atoms with Gasteiger partial charge in [-0.25, -0.2) is 8.42 Å². The number of anilines is 1. The number of nitrogens with zero attached hydrogens (tertiary/aromatic N) is 2. The van der Waals surface area contributed by atoms with Crippen LogP contribution in [0.2, 0.25) is 0 Å². The van der Waals surface area contributed by atoms with Gasteiger partial charge in [0.05, 0.1) is 16.9 Å². The Morgan fingerprint density at radius 3 is 2.38 bits per heavy atom. The highest BCUT2D eigenvalue weighted by molar-refractivity contribution is 7.92. The smallest absolute Gasteiger partial charge is 0.232 e. The van der Waals surface area contributed by atoms with E-state index in [0.717, 1.165) is 0 Å². The molecular formula is C10H9N3O2S. The fourth-order valence-corrected chi connectivity index (χ4v) is 1.68. The minimum Gasteiger partial charge on any atom is -0.284 e. The number of nitrogens with one attached hydrogen (secondary N) is 1. The Kier molecular flexibility index (Phi) is 3.49. The minimum absolute atomic E-state index is 0.0467. The average molecular weight is 235 g/mol. The van der Waals surface area contributed by atoms with Gasteiger partial charge in [-0.05, 0) is 25.1 Å². The highest BCUT2D eigenvalue weighted by Gasteiger charge is 2.08. The average Bonchev–Trinajstić information content (AvgIpc) is 2.28. The molecule has 0 aliphatic rings. The van der Waals surface area contributed by atoms with Crippen molar-refractivity contribution in [3.63, 3.8) is 0 Å². The second-order valence-electron chi connectivity index (χ2n) is 2.99. The third kappa shape index (κ3) is 2.72. The molecule has 0 aromatic heterocycles.